The Morgan fingerprint density at radius 2 is 1.93 bits per heavy atom. The summed E-state index contributed by atoms with van der Waals surface area (Å²) in [5.74, 6) is -1.51. The van der Waals surface area contributed by atoms with Crippen LogP contribution in [0.2, 0.25) is 0 Å². The predicted molar refractivity (Wildman–Crippen MR) is 55.6 cm³/mol. The smallest absolute Gasteiger partial charge is 0.330 e. The summed E-state index contributed by atoms with van der Waals surface area (Å²) in [4.78, 5) is 21.5. The van der Waals surface area contributed by atoms with E-state index in [9.17, 15) is 9.59 Å². The quantitative estimate of drug-likeness (QED) is 0.341. The molecule has 0 aromatic rings. The lowest BCUT2D eigenvalue weighted by Crippen LogP contribution is -2.42. The molecule has 0 heterocycles. The summed E-state index contributed by atoms with van der Waals surface area (Å²) in [6.45, 7) is 0. The molecular formula is C7H8Cl3NO4. The van der Waals surface area contributed by atoms with E-state index in [1.165, 1.54) is 0 Å². The highest BCUT2D eigenvalue weighted by Gasteiger charge is 2.31. The number of carbonyl (C=O) groups excluding carboxylic acids is 2. The number of rotatable bonds is 3. The van der Waals surface area contributed by atoms with Crippen LogP contribution in [0.15, 0.2) is 12.2 Å². The van der Waals surface area contributed by atoms with E-state index in [0.29, 0.717) is 0 Å². The zero-order valence-electron chi connectivity index (χ0n) is 7.54. The van der Waals surface area contributed by atoms with Gasteiger partial charge in [0.15, 0.2) is 6.23 Å². The second-order valence-corrected chi connectivity index (χ2v) is 4.68. The van der Waals surface area contributed by atoms with Crippen LogP contribution in [0.3, 0.4) is 0 Å². The summed E-state index contributed by atoms with van der Waals surface area (Å²) < 4.78 is 2.19. The highest BCUT2D eigenvalue weighted by molar-refractivity contribution is 6.68. The van der Waals surface area contributed by atoms with Gasteiger partial charge in [-0.1, -0.05) is 34.8 Å². The van der Waals surface area contributed by atoms with Crippen molar-refractivity contribution in [3.05, 3.63) is 12.2 Å². The van der Waals surface area contributed by atoms with Crippen molar-refractivity contribution >= 4 is 46.7 Å². The molecule has 0 aliphatic heterocycles. The van der Waals surface area contributed by atoms with Gasteiger partial charge in [-0.05, 0) is 0 Å². The SMILES string of the molecule is COC(=O)/C=C/C(=O)N[C@H](O)C(Cl)(Cl)Cl. The van der Waals surface area contributed by atoms with Gasteiger partial charge in [0, 0.05) is 12.2 Å². The fraction of sp³-hybridized carbons (Fsp3) is 0.429. The number of aliphatic hydroxyl groups excluding tert-OH is 1. The summed E-state index contributed by atoms with van der Waals surface area (Å²) in [6.07, 6.45) is 0.0311. The normalized spacial score (nSPS) is 13.7. The number of carbonyl (C=O) groups is 2. The Labute approximate surface area is 101 Å². The molecule has 0 spiro atoms. The molecule has 0 aliphatic carbocycles. The first-order chi connectivity index (χ1) is 6.77. The Kier molecular flexibility index (Phi) is 5.97. The van der Waals surface area contributed by atoms with Crippen LogP contribution in [0.4, 0.5) is 0 Å². The van der Waals surface area contributed by atoms with E-state index in [2.05, 4.69) is 4.74 Å². The molecule has 0 rings (SSSR count). The Bertz CT molecular complexity index is 274. The Hall–Kier alpha value is -0.490. The monoisotopic (exact) mass is 275 g/mol. The van der Waals surface area contributed by atoms with Gasteiger partial charge in [0.1, 0.15) is 0 Å². The first-order valence-electron chi connectivity index (χ1n) is 3.58. The second-order valence-electron chi connectivity index (χ2n) is 2.31. The van der Waals surface area contributed by atoms with Crippen molar-refractivity contribution in [3.63, 3.8) is 0 Å². The van der Waals surface area contributed by atoms with E-state index in [-0.39, 0.29) is 0 Å². The molecule has 0 radical (unpaired) electrons. The molecule has 5 nitrogen and oxygen atoms in total. The molecule has 0 bridgehead atoms. The van der Waals surface area contributed by atoms with Crippen molar-refractivity contribution in [1.29, 1.82) is 0 Å². The third-order valence-corrected chi connectivity index (χ3v) is 1.78. The Balaban J connectivity index is 4.16. The molecule has 8 heteroatoms. The van der Waals surface area contributed by atoms with Gasteiger partial charge in [0.25, 0.3) is 0 Å². The number of ether oxygens (including phenoxy) is 1. The van der Waals surface area contributed by atoms with E-state index >= 15 is 0 Å². The number of hydrogen-bond donors (Lipinski definition) is 2. The van der Waals surface area contributed by atoms with Gasteiger partial charge in [0.05, 0.1) is 7.11 Å². The first kappa shape index (κ1) is 14.5. The molecule has 1 atom stereocenters. The number of methoxy groups -OCH3 is 1. The molecular weight excluding hydrogens is 268 g/mol. The molecule has 0 unspecified atom stereocenters. The van der Waals surface area contributed by atoms with Crippen LogP contribution < -0.4 is 5.32 Å². The average Bonchev–Trinajstić information content (AvgIpc) is 2.12. The fourth-order valence-corrected chi connectivity index (χ4v) is 0.640. The van der Waals surface area contributed by atoms with Gasteiger partial charge in [-0.25, -0.2) is 4.79 Å². The minimum atomic E-state index is -2.03. The molecule has 0 saturated carbocycles. The van der Waals surface area contributed by atoms with Crippen molar-refractivity contribution in [2.75, 3.05) is 7.11 Å². The summed E-state index contributed by atoms with van der Waals surface area (Å²) in [5, 5.41) is 11.0. The third-order valence-electron chi connectivity index (χ3n) is 1.16. The minimum Gasteiger partial charge on any atom is -0.466 e. The molecule has 0 aliphatic rings. The highest BCUT2D eigenvalue weighted by atomic mass is 35.6. The zero-order chi connectivity index (χ0) is 12.1. The van der Waals surface area contributed by atoms with E-state index < -0.39 is 21.9 Å². The summed E-state index contributed by atoms with van der Waals surface area (Å²) in [7, 11) is 1.15. The van der Waals surface area contributed by atoms with Crippen LogP contribution in [0.25, 0.3) is 0 Å². The van der Waals surface area contributed by atoms with E-state index in [1.807, 2.05) is 5.32 Å². The van der Waals surface area contributed by atoms with Crippen molar-refractivity contribution in [2.45, 2.75) is 10.0 Å². The maximum absolute atomic E-state index is 11.0. The molecule has 2 N–H and O–H groups in total. The van der Waals surface area contributed by atoms with E-state index in [0.717, 1.165) is 19.3 Å². The number of amides is 1. The van der Waals surface area contributed by atoms with Gasteiger partial charge in [-0.3, -0.25) is 4.79 Å². The van der Waals surface area contributed by atoms with Crippen LogP contribution in [0.1, 0.15) is 0 Å². The maximum Gasteiger partial charge on any atom is 0.330 e. The lowest BCUT2D eigenvalue weighted by molar-refractivity contribution is -0.135. The van der Waals surface area contributed by atoms with Gasteiger partial charge in [-0.2, -0.15) is 0 Å². The van der Waals surface area contributed by atoms with Crippen molar-refractivity contribution in [1.82, 2.24) is 5.32 Å². The van der Waals surface area contributed by atoms with Crippen LogP contribution >= 0.6 is 34.8 Å². The Morgan fingerprint density at radius 3 is 2.33 bits per heavy atom. The summed E-state index contributed by atoms with van der Waals surface area (Å²) >= 11 is 15.8. The average molecular weight is 277 g/mol. The predicted octanol–water partition coefficient (Wildman–Crippen LogP) is 0.520. The lowest BCUT2D eigenvalue weighted by atomic mass is 10.4. The Morgan fingerprint density at radius 1 is 1.40 bits per heavy atom. The largest absolute Gasteiger partial charge is 0.466 e. The number of esters is 1. The standard InChI is InChI=1S/C7H8Cl3NO4/c1-15-5(13)3-2-4(12)11-6(14)7(8,9)10/h2-3,6,14H,1H3,(H,11,12)/b3-2+/t6-/m1/s1. The van der Waals surface area contributed by atoms with Crippen molar-refractivity contribution in [2.24, 2.45) is 0 Å². The maximum atomic E-state index is 11.0. The number of nitrogens with one attached hydrogen (secondary N) is 1. The van der Waals surface area contributed by atoms with E-state index in [1.54, 1.807) is 0 Å². The second kappa shape index (κ2) is 6.17. The third kappa shape index (κ3) is 6.57. The highest BCUT2D eigenvalue weighted by Crippen LogP contribution is 2.28. The van der Waals surface area contributed by atoms with Gasteiger partial charge >= 0.3 is 5.97 Å². The topological polar surface area (TPSA) is 75.6 Å². The van der Waals surface area contributed by atoms with E-state index in [4.69, 9.17) is 39.9 Å². The number of aliphatic hydroxyl groups is 1. The van der Waals surface area contributed by atoms with Gasteiger partial charge < -0.3 is 15.2 Å². The van der Waals surface area contributed by atoms with Crippen molar-refractivity contribution in [3.8, 4) is 0 Å². The number of alkyl halides is 3. The summed E-state index contributed by atoms with van der Waals surface area (Å²) in [5.41, 5.74) is 0. The number of halogens is 3. The van der Waals surface area contributed by atoms with Crippen LogP contribution in [0.5, 0.6) is 0 Å². The first-order valence-corrected chi connectivity index (χ1v) is 4.72. The molecule has 0 saturated heterocycles. The number of hydrogen-bond acceptors (Lipinski definition) is 4. The molecule has 0 aromatic carbocycles. The van der Waals surface area contributed by atoms with Crippen LogP contribution in [0, 0.1) is 0 Å². The van der Waals surface area contributed by atoms with Crippen molar-refractivity contribution < 1.29 is 19.4 Å². The van der Waals surface area contributed by atoms with Crippen LogP contribution in [-0.4, -0.2) is 34.1 Å². The van der Waals surface area contributed by atoms with Crippen LogP contribution in [-0.2, 0) is 14.3 Å². The zero-order valence-corrected chi connectivity index (χ0v) is 9.81. The van der Waals surface area contributed by atoms with Gasteiger partial charge in [0.2, 0.25) is 9.70 Å². The summed E-state index contributed by atoms with van der Waals surface area (Å²) in [6, 6.07) is 0. The van der Waals surface area contributed by atoms with Gasteiger partial charge in [-0.15, -0.1) is 0 Å². The minimum absolute atomic E-state index is 0.714. The molecule has 15 heavy (non-hydrogen) atoms. The molecule has 86 valence electrons. The lowest BCUT2D eigenvalue weighted by Gasteiger charge is -2.18. The fourth-order valence-electron chi connectivity index (χ4n) is 0.476. The molecule has 1 amide bonds. The molecule has 0 aromatic heterocycles. The molecule has 0 fully saturated rings.